The van der Waals surface area contributed by atoms with E-state index in [-0.39, 0.29) is 6.42 Å². The minimum Gasteiger partial charge on any atom is -0.260 e. The first kappa shape index (κ1) is 13.0. The Labute approximate surface area is 116 Å². The molecule has 0 aromatic carbocycles. The molecule has 1 aliphatic carbocycles. The number of thiazole rings is 1. The largest absolute Gasteiger partial charge is 0.416 e. The van der Waals surface area contributed by atoms with Crippen molar-refractivity contribution in [1.29, 1.82) is 0 Å². The number of nitrogens with zero attached hydrogens (tertiary/aromatic N) is 3. The third kappa shape index (κ3) is 2.38. The minimum atomic E-state index is -4.36. The number of halogens is 3. The van der Waals surface area contributed by atoms with Crippen LogP contribution in [0, 0.1) is 6.92 Å². The molecule has 0 spiro atoms. The van der Waals surface area contributed by atoms with Gasteiger partial charge >= 0.3 is 6.18 Å². The van der Waals surface area contributed by atoms with Crippen LogP contribution in [0.1, 0.15) is 12.1 Å². The number of hydrogen-bond donors (Lipinski definition) is 1. The Bertz CT molecular complexity index is 679. The summed E-state index contributed by atoms with van der Waals surface area (Å²) in [5.74, 6) is 0.309. The predicted molar refractivity (Wildman–Crippen MR) is 71.4 cm³/mol. The van der Waals surface area contributed by atoms with Crippen LogP contribution in [-0.2, 0) is 0 Å². The van der Waals surface area contributed by atoms with Gasteiger partial charge in [-0.15, -0.1) is 11.3 Å². The van der Waals surface area contributed by atoms with Crippen molar-refractivity contribution in [3.63, 3.8) is 0 Å². The van der Waals surface area contributed by atoms with Gasteiger partial charge in [-0.05, 0) is 13.0 Å². The molecule has 1 aliphatic heterocycles. The number of aromatic nitrogens is 1. The fraction of sp³-hybridized carbons (Fsp3) is 0.250. The normalized spacial score (nSPS) is 20.2. The van der Waals surface area contributed by atoms with Crippen molar-refractivity contribution in [2.24, 2.45) is 10.1 Å². The Morgan fingerprint density at radius 3 is 2.85 bits per heavy atom. The van der Waals surface area contributed by atoms with Gasteiger partial charge in [0.2, 0.25) is 5.13 Å². The van der Waals surface area contributed by atoms with Crippen LogP contribution in [0.5, 0.6) is 0 Å². The number of fused-ring (bicyclic) bond motifs is 1. The van der Waals surface area contributed by atoms with E-state index >= 15 is 0 Å². The van der Waals surface area contributed by atoms with Gasteiger partial charge < -0.3 is 0 Å². The maximum Gasteiger partial charge on any atom is 0.416 e. The van der Waals surface area contributed by atoms with Crippen LogP contribution in [0.2, 0.25) is 0 Å². The van der Waals surface area contributed by atoms with E-state index in [1.54, 1.807) is 0 Å². The van der Waals surface area contributed by atoms with E-state index in [1.807, 2.05) is 12.3 Å². The molecule has 0 saturated carbocycles. The maximum absolute atomic E-state index is 12.7. The molecule has 4 nitrogen and oxygen atoms in total. The topological polar surface area (TPSA) is 49.6 Å². The molecule has 8 heteroatoms. The SMILES string of the molecule is Cc1csc(N=C2NN=C3CC=C(C(F)(F)F)C=C32)n1. The highest BCUT2D eigenvalue weighted by atomic mass is 32.1. The molecule has 0 unspecified atom stereocenters. The summed E-state index contributed by atoms with van der Waals surface area (Å²) < 4.78 is 38.2. The van der Waals surface area contributed by atoms with Gasteiger partial charge in [0.25, 0.3) is 0 Å². The molecule has 0 fully saturated rings. The molecule has 3 rings (SSSR count). The number of amidine groups is 1. The molecule has 2 heterocycles. The lowest BCUT2D eigenvalue weighted by Crippen LogP contribution is -2.19. The van der Waals surface area contributed by atoms with Gasteiger partial charge in [-0.25, -0.2) is 4.98 Å². The molecule has 2 aliphatic rings. The summed E-state index contributed by atoms with van der Waals surface area (Å²) in [6, 6.07) is 0. The van der Waals surface area contributed by atoms with Crippen LogP contribution in [0.15, 0.2) is 38.8 Å². The second kappa shape index (κ2) is 4.55. The molecular formula is C12H9F3N4S. The Kier molecular flexibility index (Phi) is 2.97. The highest BCUT2D eigenvalue weighted by molar-refractivity contribution is 7.13. The predicted octanol–water partition coefficient (Wildman–Crippen LogP) is 3.26. The van der Waals surface area contributed by atoms with E-state index in [4.69, 9.17) is 0 Å². The molecule has 0 radical (unpaired) electrons. The lowest BCUT2D eigenvalue weighted by Gasteiger charge is -2.13. The van der Waals surface area contributed by atoms with Crippen molar-refractivity contribution in [2.45, 2.75) is 19.5 Å². The first-order valence-corrected chi connectivity index (χ1v) is 6.64. The summed E-state index contributed by atoms with van der Waals surface area (Å²) in [5, 5.41) is 6.31. The number of alkyl halides is 3. The van der Waals surface area contributed by atoms with Gasteiger partial charge in [-0.1, -0.05) is 6.08 Å². The van der Waals surface area contributed by atoms with Crippen molar-refractivity contribution in [3.8, 4) is 0 Å². The highest BCUT2D eigenvalue weighted by Gasteiger charge is 2.36. The number of aliphatic imine (C=N–C) groups is 1. The number of hydrazone groups is 1. The second-order valence-electron chi connectivity index (χ2n) is 4.32. The first-order valence-electron chi connectivity index (χ1n) is 5.76. The van der Waals surface area contributed by atoms with E-state index in [0.717, 1.165) is 17.8 Å². The lowest BCUT2D eigenvalue weighted by molar-refractivity contribution is -0.0884. The quantitative estimate of drug-likeness (QED) is 0.865. The van der Waals surface area contributed by atoms with E-state index in [0.29, 0.717) is 22.3 Å². The number of nitrogens with one attached hydrogen (secondary N) is 1. The third-order valence-electron chi connectivity index (χ3n) is 2.82. The zero-order valence-electron chi connectivity index (χ0n) is 10.3. The van der Waals surface area contributed by atoms with Crippen molar-refractivity contribution in [1.82, 2.24) is 10.4 Å². The zero-order valence-corrected chi connectivity index (χ0v) is 11.1. The van der Waals surface area contributed by atoms with Gasteiger partial charge in [0.1, 0.15) is 0 Å². The van der Waals surface area contributed by atoms with Crippen LogP contribution >= 0.6 is 11.3 Å². The number of allylic oxidation sites excluding steroid dienone is 3. The second-order valence-corrected chi connectivity index (χ2v) is 5.16. The Balaban J connectivity index is 1.95. The molecular weight excluding hydrogens is 289 g/mol. The summed E-state index contributed by atoms with van der Waals surface area (Å²) in [7, 11) is 0. The van der Waals surface area contributed by atoms with E-state index in [9.17, 15) is 13.2 Å². The average molecular weight is 298 g/mol. The molecule has 1 N–H and O–H groups in total. The van der Waals surface area contributed by atoms with Gasteiger partial charge in [0, 0.05) is 17.4 Å². The standard InChI is InChI=1S/C12H9F3N4S/c1-6-5-20-11(16-6)17-10-8-4-7(12(13,14)15)2-3-9(8)18-19-10/h2,4-5H,3H2,1H3,(H,16,17,19). The van der Waals surface area contributed by atoms with E-state index in [2.05, 4.69) is 20.5 Å². The Hall–Kier alpha value is -1.96. The van der Waals surface area contributed by atoms with Crippen LogP contribution in [0.25, 0.3) is 0 Å². The van der Waals surface area contributed by atoms with Gasteiger partial charge in [0.15, 0.2) is 5.84 Å². The van der Waals surface area contributed by atoms with Crippen molar-refractivity contribution < 1.29 is 13.2 Å². The third-order valence-corrected chi connectivity index (χ3v) is 3.67. The molecule has 1 aromatic rings. The summed E-state index contributed by atoms with van der Waals surface area (Å²) >= 11 is 1.33. The smallest absolute Gasteiger partial charge is 0.260 e. The fourth-order valence-electron chi connectivity index (χ4n) is 1.88. The average Bonchev–Trinajstić information content (AvgIpc) is 2.95. The maximum atomic E-state index is 12.7. The van der Waals surface area contributed by atoms with E-state index < -0.39 is 11.7 Å². The van der Waals surface area contributed by atoms with Crippen LogP contribution in [0.3, 0.4) is 0 Å². The minimum absolute atomic E-state index is 0.142. The first-order chi connectivity index (χ1) is 9.43. The van der Waals surface area contributed by atoms with Crippen molar-refractivity contribution in [2.75, 3.05) is 0 Å². The van der Waals surface area contributed by atoms with E-state index in [1.165, 1.54) is 11.3 Å². The Morgan fingerprint density at radius 1 is 1.40 bits per heavy atom. The molecule has 0 atom stereocenters. The summed E-state index contributed by atoms with van der Waals surface area (Å²) in [4.78, 5) is 8.37. The van der Waals surface area contributed by atoms with Crippen LogP contribution < -0.4 is 5.43 Å². The molecule has 0 bridgehead atoms. The monoisotopic (exact) mass is 298 g/mol. The zero-order chi connectivity index (χ0) is 14.3. The van der Waals surface area contributed by atoms with Crippen LogP contribution in [-0.4, -0.2) is 22.7 Å². The summed E-state index contributed by atoms with van der Waals surface area (Å²) in [6.07, 6.45) is -2.02. The van der Waals surface area contributed by atoms with Crippen LogP contribution in [0.4, 0.5) is 18.3 Å². The fourth-order valence-corrected chi connectivity index (χ4v) is 2.55. The number of hydrogen-bond acceptors (Lipinski definition) is 4. The van der Waals surface area contributed by atoms with Gasteiger partial charge in [0.05, 0.1) is 17.0 Å². The molecule has 0 amide bonds. The molecule has 20 heavy (non-hydrogen) atoms. The molecule has 0 saturated heterocycles. The summed E-state index contributed by atoms with van der Waals surface area (Å²) in [5.41, 5.74) is 3.76. The van der Waals surface area contributed by atoms with Gasteiger partial charge in [-0.3, -0.25) is 5.43 Å². The highest BCUT2D eigenvalue weighted by Crippen LogP contribution is 2.32. The molecule has 104 valence electrons. The van der Waals surface area contributed by atoms with Crippen molar-refractivity contribution in [3.05, 3.63) is 34.4 Å². The lowest BCUT2D eigenvalue weighted by atomic mass is 9.97. The molecule has 1 aromatic heterocycles. The number of rotatable bonds is 1. The summed E-state index contributed by atoms with van der Waals surface area (Å²) in [6.45, 7) is 1.83. The van der Waals surface area contributed by atoms with Gasteiger partial charge in [-0.2, -0.15) is 23.3 Å². The number of aryl methyl sites for hydroxylation is 1. The Morgan fingerprint density at radius 2 is 2.20 bits per heavy atom. The van der Waals surface area contributed by atoms with Crippen molar-refractivity contribution >= 4 is 28.0 Å².